The first kappa shape index (κ1) is 28.1. The first-order valence-corrected chi connectivity index (χ1v) is 10.7. The van der Waals surface area contributed by atoms with Crippen molar-refractivity contribution in [3.05, 3.63) is 29.8 Å². The van der Waals surface area contributed by atoms with Gasteiger partial charge in [-0.3, -0.25) is 4.79 Å². The molecule has 33 heavy (non-hydrogen) atoms. The third kappa shape index (κ3) is 14.0. The average molecular weight is 470 g/mol. The minimum absolute atomic E-state index is 0.0583. The van der Waals surface area contributed by atoms with Gasteiger partial charge < -0.3 is 40.1 Å². The van der Waals surface area contributed by atoms with Gasteiger partial charge in [-0.15, -0.1) is 0 Å². The zero-order valence-corrected chi connectivity index (χ0v) is 19.7. The van der Waals surface area contributed by atoms with Crippen LogP contribution in [0.5, 0.6) is 5.75 Å². The van der Waals surface area contributed by atoms with Crippen molar-refractivity contribution < 1.29 is 38.1 Å². The van der Waals surface area contributed by atoms with Crippen LogP contribution in [0.25, 0.3) is 0 Å². The smallest absolute Gasteiger partial charge is 0.407 e. The summed E-state index contributed by atoms with van der Waals surface area (Å²) in [6.45, 7) is 8.07. The van der Waals surface area contributed by atoms with E-state index >= 15 is 0 Å². The Bertz CT molecular complexity index is 751. The molecule has 2 amide bonds. The summed E-state index contributed by atoms with van der Waals surface area (Å²) in [6.07, 6.45) is -1.26. The third-order valence-electron chi connectivity index (χ3n) is 3.67. The lowest BCUT2D eigenvalue weighted by Gasteiger charge is -2.19. The topological polar surface area (TPSA) is 147 Å². The van der Waals surface area contributed by atoms with Crippen LogP contribution in [0, 0.1) is 0 Å². The van der Waals surface area contributed by atoms with Gasteiger partial charge in [0.25, 0.3) is 5.91 Å². The van der Waals surface area contributed by atoms with E-state index in [-0.39, 0.29) is 45.4 Å². The van der Waals surface area contributed by atoms with Crippen molar-refractivity contribution in [2.75, 3.05) is 46.1 Å². The molecule has 0 aromatic heterocycles. The number of ether oxygens (including phenoxy) is 5. The molecule has 1 aromatic carbocycles. The van der Waals surface area contributed by atoms with E-state index in [1.807, 2.05) is 0 Å². The van der Waals surface area contributed by atoms with Crippen LogP contribution in [-0.4, -0.2) is 75.9 Å². The number of carbonyl (C=O) groups excluding carboxylic acids is 3. The number of hydrogen-bond acceptors (Lipinski definition) is 9. The van der Waals surface area contributed by atoms with Gasteiger partial charge in [0.1, 0.15) is 30.8 Å². The second kappa shape index (κ2) is 15.0. The van der Waals surface area contributed by atoms with E-state index in [0.29, 0.717) is 17.9 Å². The quantitative estimate of drug-likeness (QED) is 0.208. The van der Waals surface area contributed by atoms with Crippen LogP contribution in [-0.2, 0) is 23.7 Å². The van der Waals surface area contributed by atoms with Gasteiger partial charge in [0, 0.05) is 18.7 Å². The fraction of sp³-hybridized carbons (Fsp3) is 0.591. The fourth-order valence-electron chi connectivity index (χ4n) is 2.33. The van der Waals surface area contributed by atoms with Crippen molar-refractivity contribution in [3.63, 3.8) is 0 Å². The Morgan fingerprint density at radius 2 is 1.82 bits per heavy atom. The zero-order chi connectivity index (χ0) is 24.7. The Balaban J connectivity index is 2.28. The Hall–Kier alpha value is -2.89. The minimum Gasteiger partial charge on any atom is -0.489 e. The average Bonchev–Trinajstić information content (AvgIpc) is 2.74. The van der Waals surface area contributed by atoms with Gasteiger partial charge in [0.2, 0.25) is 0 Å². The molecule has 0 saturated heterocycles. The van der Waals surface area contributed by atoms with E-state index in [2.05, 4.69) is 10.6 Å². The highest BCUT2D eigenvalue weighted by atomic mass is 16.6. The molecule has 0 spiro atoms. The van der Waals surface area contributed by atoms with Crippen molar-refractivity contribution in [2.45, 2.75) is 39.5 Å². The summed E-state index contributed by atoms with van der Waals surface area (Å²) < 4.78 is 25.9. The van der Waals surface area contributed by atoms with Crippen molar-refractivity contribution in [1.82, 2.24) is 10.6 Å². The Morgan fingerprint density at radius 3 is 2.52 bits per heavy atom. The van der Waals surface area contributed by atoms with E-state index in [9.17, 15) is 14.4 Å². The standard InChI is InChI=1S/C22H35N3O8/c1-5-30-19(26)15-29-11-12-31-18(23)14-32-17-8-6-7-16(13-17)20(27)24-9-10-25-21(28)33-22(2,3)4/h6-8,13,18H,5,9-12,14-15,23H2,1-4H3,(H,24,27)(H,25,28). The summed E-state index contributed by atoms with van der Waals surface area (Å²) in [6, 6.07) is 6.58. The molecule has 4 N–H and O–H groups in total. The van der Waals surface area contributed by atoms with Gasteiger partial charge >= 0.3 is 12.1 Å². The fourth-order valence-corrected chi connectivity index (χ4v) is 2.33. The van der Waals surface area contributed by atoms with Crippen LogP contribution < -0.4 is 21.1 Å². The van der Waals surface area contributed by atoms with Gasteiger partial charge in [0.05, 0.1) is 19.8 Å². The molecule has 186 valence electrons. The normalized spacial score (nSPS) is 11.9. The number of carbonyl (C=O) groups is 3. The highest BCUT2D eigenvalue weighted by Gasteiger charge is 2.15. The van der Waals surface area contributed by atoms with Gasteiger partial charge in [-0.05, 0) is 45.9 Å². The molecule has 1 aromatic rings. The Kier molecular flexibility index (Phi) is 12.8. The number of nitrogens with two attached hydrogens (primary N) is 1. The molecule has 0 aliphatic rings. The van der Waals surface area contributed by atoms with E-state index < -0.39 is 23.9 Å². The molecule has 0 heterocycles. The summed E-state index contributed by atoms with van der Waals surface area (Å²) in [5.41, 5.74) is 5.65. The molecule has 0 fully saturated rings. The maximum absolute atomic E-state index is 12.3. The predicted molar refractivity (Wildman–Crippen MR) is 120 cm³/mol. The lowest BCUT2D eigenvalue weighted by molar-refractivity contribution is -0.149. The summed E-state index contributed by atoms with van der Waals surface area (Å²) >= 11 is 0. The second-order valence-corrected chi connectivity index (χ2v) is 7.79. The molecule has 1 rings (SSSR count). The molecule has 0 radical (unpaired) electrons. The van der Waals surface area contributed by atoms with Crippen LogP contribution in [0.1, 0.15) is 38.1 Å². The van der Waals surface area contributed by atoms with Crippen molar-refractivity contribution in [1.29, 1.82) is 0 Å². The van der Waals surface area contributed by atoms with Crippen molar-refractivity contribution in [3.8, 4) is 5.75 Å². The summed E-state index contributed by atoms with van der Waals surface area (Å²) in [5.74, 6) is -0.300. The molecule has 11 heteroatoms. The molecule has 0 aliphatic carbocycles. The van der Waals surface area contributed by atoms with Crippen LogP contribution in [0.4, 0.5) is 4.79 Å². The minimum atomic E-state index is -0.715. The van der Waals surface area contributed by atoms with E-state index in [4.69, 9.17) is 29.4 Å². The largest absolute Gasteiger partial charge is 0.489 e. The molecule has 1 atom stereocenters. The third-order valence-corrected chi connectivity index (χ3v) is 3.67. The number of amides is 2. The SMILES string of the molecule is CCOC(=O)COCCOC(N)COc1cccc(C(=O)NCCNC(=O)OC(C)(C)C)c1. The summed E-state index contributed by atoms with van der Waals surface area (Å²) in [4.78, 5) is 35.0. The van der Waals surface area contributed by atoms with Crippen molar-refractivity contribution in [2.24, 2.45) is 5.73 Å². The maximum Gasteiger partial charge on any atom is 0.407 e. The number of alkyl carbamates (subject to hydrolysis) is 1. The first-order chi connectivity index (χ1) is 15.6. The number of benzene rings is 1. The number of hydrogen-bond donors (Lipinski definition) is 3. The lowest BCUT2D eigenvalue weighted by Crippen LogP contribution is -2.37. The molecule has 0 aliphatic heterocycles. The van der Waals surface area contributed by atoms with E-state index in [0.717, 1.165) is 0 Å². The van der Waals surface area contributed by atoms with Gasteiger partial charge in [-0.1, -0.05) is 6.07 Å². The van der Waals surface area contributed by atoms with Crippen LogP contribution >= 0.6 is 0 Å². The van der Waals surface area contributed by atoms with Crippen LogP contribution in [0.15, 0.2) is 24.3 Å². The monoisotopic (exact) mass is 469 g/mol. The molecular weight excluding hydrogens is 434 g/mol. The summed E-state index contributed by atoms with van der Waals surface area (Å²) in [7, 11) is 0. The van der Waals surface area contributed by atoms with E-state index in [1.54, 1.807) is 52.0 Å². The number of nitrogens with one attached hydrogen (secondary N) is 2. The molecule has 11 nitrogen and oxygen atoms in total. The zero-order valence-electron chi connectivity index (χ0n) is 19.7. The second-order valence-electron chi connectivity index (χ2n) is 7.79. The highest BCUT2D eigenvalue weighted by molar-refractivity contribution is 5.94. The number of esters is 1. The highest BCUT2D eigenvalue weighted by Crippen LogP contribution is 2.13. The molecule has 0 saturated carbocycles. The van der Waals surface area contributed by atoms with E-state index in [1.165, 1.54) is 0 Å². The van der Waals surface area contributed by atoms with Gasteiger partial charge in [0.15, 0.2) is 0 Å². The Labute approximate surface area is 194 Å². The van der Waals surface area contributed by atoms with Crippen LogP contribution in [0.2, 0.25) is 0 Å². The van der Waals surface area contributed by atoms with Gasteiger partial charge in [-0.2, -0.15) is 0 Å². The van der Waals surface area contributed by atoms with Crippen LogP contribution in [0.3, 0.4) is 0 Å². The lowest BCUT2D eigenvalue weighted by atomic mass is 10.2. The molecule has 0 bridgehead atoms. The van der Waals surface area contributed by atoms with Gasteiger partial charge in [-0.25, -0.2) is 9.59 Å². The molecular formula is C22H35N3O8. The predicted octanol–water partition coefficient (Wildman–Crippen LogP) is 1.20. The molecule has 1 unspecified atom stereocenters. The van der Waals surface area contributed by atoms with Crippen molar-refractivity contribution >= 4 is 18.0 Å². The maximum atomic E-state index is 12.3. The summed E-state index contributed by atoms with van der Waals surface area (Å²) in [5, 5.41) is 5.27. The number of rotatable bonds is 14. The Morgan fingerprint density at radius 1 is 1.09 bits per heavy atom. The first-order valence-electron chi connectivity index (χ1n) is 10.7.